The monoisotopic (exact) mass is 325 g/mol. The lowest BCUT2D eigenvalue weighted by molar-refractivity contribution is -0.275. The molecule has 9 heteroatoms. The molecule has 1 aliphatic rings. The smallest absolute Gasteiger partial charge is 0.404 e. The van der Waals surface area contributed by atoms with E-state index in [1.165, 1.54) is 12.1 Å². The van der Waals surface area contributed by atoms with Crippen molar-refractivity contribution >= 4 is 10.0 Å². The second-order valence-electron chi connectivity index (χ2n) is 4.54. The number of morpholine rings is 1. The Bertz CT molecular complexity index is 603. The Hall–Kier alpha value is -1.32. The third kappa shape index (κ3) is 3.86. The molecule has 0 N–H and O–H groups in total. The van der Waals surface area contributed by atoms with E-state index in [2.05, 4.69) is 4.74 Å². The molecule has 5 nitrogen and oxygen atoms in total. The molecule has 0 saturated carbocycles. The molecule has 1 atom stereocenters. The van der Waals surface area contributed by atoms with E-state index in [1.54, 1.807) is 6.92 Å². The molecule has 0 bridgehead atoms. The molecular weight excluding hydrogens is 311 g/mol. The minimum atomic E-state index is -4.95. The molecule has 1 saturated heterocycles. The number of halogens is 3. The van der Waals surface area contributed by atoms with Crippen LogP contribution in [0, 0.1) is 0 Å². The van der Waals surface area contributed by atoms with Gasteiger partial charge in [-0.05, 0) is 19.1 Å². The van der Waals surface area contributed by atoms with Crippen molar-refractivity contribution in [3.8, 4) is 5.75 Å². The number of rotatable bonds is 3. The average molecular weight is 325 g/mol. The lowest BCUT2D eigenvalue weighted by Crippen LogP contribution is -2.44. The summed E-state index contributed by atoms with van der Waals surface area (Å²) in [7, 11) is -4.07. The molecule has 2 rings (SSSR count). The zero-order chi connectivity index (χ0) is 15.7. The minimum Gasteiger partial charge on any atom is -0.404 e. The molecule has 0 radical (unpaired) electrons. The standard InChI is InChI=1S/C12H14F3NO4S/c1-9-8-16(6-7-19-9)21(17,18)11-5-3-2-4-10(11)20-12(13,14)15/h2-5,9H,6-8H2,1H3/t9-/m1/s1. The number of para-hydroxylation sites is 1. The summed E-state index contributed by atoms with van der Waals surface area (Å²) in [6.45, 7) is 2.07. The van der Waals surface area contributed by atoms with Gasteiger partial charge < -0.3 is 9.47 Å². The molecule has 21 heavy (non-hydrogen) atoms. The maximum Gasteiger partial charge on any atom is 0.573 e. The lowest BCUT2D eigenvalue weighted by Gasteiger charge is -2.30. The van der Waals surface area contributed by atoms with Crippen molar-refractivity contribution in [2.24, 2.45) is 0 Å². The van der Waals surface area contributed by atoms with Gasteiger partial charge in [-0.1, -0.05) is 12.1 Å². The molecule has 1 aliphatic heterocycles. The second kappa shape index (κ2) is 5.82. The van der Waals surface area contributed by atoms with Gasteiger partial charge in [-0.2, -0.15) is 4.31 Å². The predicted octanol–water partition coefficient (Wildman–Crippen LogP) is 1.99. The topological polar surface area (TPSA) is 55.8 Å². The predicted molar refractivity (Wildman–Crippen MR) is 67.3 cm³/mol. The van der Waals surface area contributed by atoms with Crippen LogP contribution < -0.4 is 4.74 Å². The number of ether oxygens (including phenoxy) is 2. The molecule has 1 fully saturated rings. The zero-order valence-electron chi connectivity index (χ0n) is 11.1. The fourth-order valence-corrected chi connectivity index (χ4v) is 3.63. The minimum absolute atomic E-state index is 0.0860. The average Bonchev–Trinajstić information content (AvgIpc) is 2.37. The van der Waals surface area contributed by atoms with Crippen molar-refractivity contribution in [3.63, 3.8) is 0 Å². The van der Waals surface area contributed by atoms with Crippen LogP contribution in [0.2, 0.25) is 0 Å². The first-order valence-corrected chi connectivity index (χ1v) is 7.61. The highest BCUT2D eigenvalue weighted by atomic mass is 32.2. The normalized spacial score (nSPS) is 21.2. The summed E-state index contributed by atoms with van der Waals surface area (Å²) in [6.07, 6.45) is -5.27. The Labute approximate surface area is 120 Å². The van der Waals surface area contributed by atoms with E-state index in [1.807, 2.05) is 0 Å². The number of hydrogen-bond acceptors (Lipinski definition) is 4. The molecule has 0 unspecified atom stereocenters. The van der Waals surface area contributed by atoms with Gasteiger partial charge in [0, 0.05) is 13.1 Å². The first-order valence-electron chi connectivity index (χ1n) is 6.17. The molecule has 0 aromatic heterocycles. The first-order chi connectivity index (χ1) is 9.70. The van der Waals surface area contributed by atoms with Crippen LogP contribution in [0.1, 0.15) is 6.92 Å². The summed E-state index contributed by atoms with van der Waals surface area (Å²) in [5, 5.41) is 0. The molecule has 1 heterocycles. The number of hydrogen-bond donors (Lipinski definition) is 0. The van der Waals surface area contributed by atoms with E-state index < -0.39 is 27.0 Å². The van der Waals surface area contributed by atoms with Crippen LogP contribution in [-0.4, -0.2) is 44.9 Å². The Morgan fingerprint density at radius 1 is 1.33 bits per heavy atom. The number of alkyl halides is 3. The van der Waals surface area contributed by atoms with Gasteiger partial charge in [0.25, 0.3) is 0 Å². The van der Waals surface area contributed by atoms with Gasteiger partial charge in [0.05, 0.1) is 12.7 Å². The summed E-state index contributed by atoms with van der Waals surface area (Å²) >= 11 is 0. The van der Waals surface area contributed by atoms with Gasteiger partial charge in [-0.25, -0.2) is 8.42 Å². The van der Waals surface area contributed by atoms with E-state index in [9.17, 15) is 21.6 Å². The highest BCUT2D eigenvalue weighted by Gasteiger charge is 2.36. The van der Waals surface area contributed by atoms with E-state index in [-0.39, 0.29) is 25.8 Å². The number of benzene rings is 1. The van der Waals surface area contributed by atoms with Crippen molar-refractivity contribution in [2.75, 3.05) is 19.7 Å². The Kier molecular flexibility index (Phi) is 4.45. The number of sulfonamides is 1. The Morgan fingerprint density at radius 3 is 2.62 bits per heavy atom. The van der Waals surface area contributed by atoms with E-state index >= 15 is 0 Å². The van der Waals surface area contributed by atoms with Gasteiger partial charge in [-0.3, -0.25) is 0 Å². The highest BCUT2D eigenvalue weighted by Crippen LogP contribution is 2.31. The summed E-state index contributed by atoms with van der Waals surface area (Å²) in [5.74, 6) is -0.732. The fraction of sp³-hybridized carbons (Fsp3) is 0.500. The quantitative estimate of drug-likeness (QED) is 0.853. The van der Waals surface area contributed by atoms with E-state index in [0.717, 1.165) is 16.4 Å². The van der Waals surface area contributed by atoms with Crippen molar-refractivity contribution in [1.29, 1.82) is 0 Å². The maximum atomic E-state index is 12.5. The molecule has 0 amide bonds. The van der Waals surface area contributed by atoms with Crippen LogP contribution in [0.3, 0.4) is 0 Å². The SMILES string of the molecule is C[C@@H]1CN(S(=O)(=O)c2ccccc2OC(F)(F)F)CCO1. The van der Waals surface area contributed by atoms with E-state index in [4.69, 9.17) is 4.74 Å². The van der Waals surface area contributed by atoms with Crippen molar-refractivity contribution in [3.05, 3.63) is 24.3 Å². The van der Waals surface area contributed by atoms with Crippen molar-refractivity contribution < 1.29 is 31.1 Å². The third-order valence-electron chi connectivity index (χ3n) is 2.90. The summed E-state index contributed by atoms with van der Waals surface area (Å²) in [4.78, 5) is -0.503. The number of nitrogens with zero attached hydrogens (tertiary/aromatic N) is 1. The first kappa shape index (κ1) is 16.1. The van der Waals surface area contributed by atoms with Crippen molar-refractivity contribution in [1.82, 2.24) is 4.31 Å². The maximum absolute atomic E-state index is 12.5. The third-order valence-corrected chi connectivity index (χ3v) is 4.80. The summed E-state index contributed by atoms with van der Waals surface area (Å²) in [5.41, 5.74) is 0. The van der Waals surface area contributed by atoms with Crippen LogP contribution in [-0.2, 0) is 14.8 Å². The van der Waals surface area contributed by atoms with Gasteiger partial charge >= 0.3 is 6.36 Å². The molecular formula is C12H14F3NO4S. The van der Waals surface area contributed by atoms with Crippen LogP contribution in [0.25, 0.3) is 0 Å². The van der Waals surface area contributed by atoms with Gasteiger partial charge in [0.2, 0.25) is 10.0 Å². The second-order valence-corrected chi connectivity index (χ2v) is 6.45. The lowest BCUT2D eigenvalue weighted by atomic mass is 10.3. The van der Waals surface area contributed by atoms with Gasteiger partial charge in [-0.15, -0.1) is 13.2 Å². The molecule has 1 aromatic carbocycles. The van der Waals surface area contributed by atoms with Crippen LogP contribution in [0.15, 0.2) is 29.2 Å². The highest BCUT2D eigenvalue weighted by molar-refractivity contribution is 7.89. The largest absolute Gasteiger partial charge is 0.573 e. The molecule has 1 aromatic rings. The van der Waals surface area contributed by atoms with Crippen LogP contribution in [0.4, 0.5) is 13.2 Å². The van der Waals surface area contributed by atoms with Gasteiger partial charge in [0.15, 0.2) is 0 Å². The zero-order valence-corrected chi connectivity index (χ0v) is 11.9. The van der Waals surface area contributed by atoms with Crippen LogP contribution in [0.5, 0.6) is 5.75 Å². The molecule has 0 spiro atoms. The van der Waals surface area contributed by atoms with Crippen molar-refractivity contribution in [2.45, 2.75) is 24.3 Å². The van der Waals surface area contributed by atoms with Gasteiger partial charge in [0.1, 0.15) is 10.6 Å². The molecule has 118 valence electrons. The van der Waals surface area contributed by atoms with E-state index in [0.29, 0.717) is 0 Å². The summed E-state index contributed by atoms with van der Waals surface area (Å²) < 4.78 is 72.1. The molecule has 0 aliphatic carbocycles. The Balaban J connectivity index is 2.36. The van der Waals surface area contributed by atoms with Crippen LogP contribution >= 0.6 is 0 Å². The Morgan fingerprint density at radius 2 is 2.00 bits per heavy atom. The fourth-order valence-electron chi connectivity index (χ4n) is 2.02. The summed E-state index contributed by atoms with van der Waals surface area (Å²) in [6, 6.07) is 4.70.